The molecular formula is C25H29FN4O3S. The number of nitrogens with one attached hydrogen (secondary N) is 2. The summed E-state index contributed by atoms with van der Waals surface area (Å²) in [5, 5.41) is 5.64. The zero-order valence-electron chi connectivity index (χ0n) is 19.7. The molecule has 2 N–H and O–H groups in total. The van der Waals surface area contributed by atoms with Crippen LogP contribution in [0.5, 0.6) is 0 Å². The lowest BCUT2D eigenvalue weighted by molar-refractivity contribution is -0.119. The fourth-order valence-electron chi connectivity index (χ4n) is 3.64. The lowest BCUT2D eigenvalue weighted by Crippen LogP contribution is -2.33. The molecule has 2 amide bonds. The Kier molecular flexibility index (Phi) is 8.33. The van der Waals surface area contributed by atoms with Crippen LogP contribution in [0.1, 0.15) is 31.1 Å². The minimum absolute atomic E-state index is 0.0232. The number of aromatic nitrogens is 2. The highest BCUT2D eigenvalue weighted by Crippen LogP contribution is 2.22. The average Bonchev–Trinajstić information content (AvgIpc) is 3.01. The van der Waals surface area contributed by atoms with Gasteiger partial charge in [-0.25, -0.2) is 9.07 Å². The van der Waals surface area contributed by atoms with Crippen molar-refractivity contribution in [3.05, 3.63) is 82.0 Å². The van der Waals surface area contributed by atoms with E-state index >= 15 is 0 Å². The summed E-state index contributed by atoms with van der Waals surface area (Å²) in [7, 11) is 1.75. The molecule has 0 aliphatic heterocycles. The molecule has 0 saturated heterocycles. The van der Waals surface area contributed by atoms with E-state index < -0.39 is 0 Å². The first-order valence-corrected chi connectivity index (χ1v) is 12.1. The molecule has 7 nitrogen and oxygen atoms in total. The maximum absolute atomic E-state index is 13.2. The standard InChI is InChI=1S/C25H29FN4O3S/c1-16(2)23(18-10-12-19(26)13-11-18)27-21(31)14-34-15-22(32)28-24-17(3)29(4)30(25(24)33)20-8-6-5-7-9-20/h5-13,16,23H,14-15H2,1-4H3,(H,27,31)(H,28,32). The van der Waals surface area contributed by atoms with Crippen LogP contribution in [-0.2, 0) is 16.6 Å². The summed E-state index contributed by atoms with van der Waals surface area (Å²) in [4.78, 5) is 37.8. The minimum Gasteiger partial charge on any atom is -0.348 e. The summed E-state index contributed by atoms with van der Waals surface area (Å²) in [6, 6.07) is 15.0. The molecule has 9 heteroatoms. The number of para-hydroxylation sites is 1. The Morgan fingerprint density at radius 2 is 1.62 bits per heavy atom. The summed E-state index contributed by atoms with van der Waals surface area (Å²) in [6.45, 7) is 5.71. The third-order valence-corrected chi connectivity index (χ3v) is 6.43. The van der Waals surface area contributed by atoms with Crippen LogP contribution >= 0.6 is 11.8 Å². The number of hydrogen-bond acceptors (Lipinski definition) is 4. The Balaban J connectivity index is 1.57. The molecule has 180 valence electrons. The van der Waals surface area contributed by atoms with Gasteiger partial charge in [-0.2, -0.15) is 0 Å². The summed E-state index contributed by atoms with van der Waals surface area (Å²) in [5.74, 6) is -0.695. The SMILES string of the molecule is Cc1c(NC(=O)CSCC(=O)NC(c2ccc(F)cc2)C(C)C)c(=O)n(-c2ccccc2)n1C. The fraction of sp³-hybridized carbons (Fsp3) is 0.320. The largest absolute Gasteiger partial charge is 0.348 e. The van der Waals surface area contributed by atoms with Gasteiger partial charge in [0.25, 0.3) is 5.56 Å². The van der Waals surface area contributed by atoms with Gasteiger partial charge in [-0.3, -0.25) is 19.1 Å². The van der Waals surface area contributed by atoms with E-state index in [1.807, 2.05) is 44.2 Å². The molecule has 0 saturated carbocycles. The van der Waals surface area contributed by atoms with E-state index in [9.17, 15) is 18.8 Å². The second-order valence-electron chi connectivity index (χ2n) is 8.32. The first-order valence-electron chi connectivity index (χ1n) is 11.0. The predicted molar refractivity (Wildman–Crippen MR) is 134 cm³/mol. The van der Waals surface area contributed by atoms with Crippen LogP contribution in [0.4, 0.5) is 10.1 Å². The predicted octanol–water partition coefficient (Wildman–Crippen LogP) is 3.81. The smallest absolute Gasteiger partial charge is 0.295 e. The molecule has 3 rings (SSSR count). The van der Waals surface area contributed by atoms with Crippen molar-refractivity contribution in [2.75, 3.05) is 16.8 Å². The number of halogens is 1. The molecular weight excluding hydrogens is 455 g/mol. The minimum atomic E-state index is -0.359. The Morgan fingerprint density at radius 1 is 1.00 bits per heavy atom. The van der Waals surface area contributed by atoms with E-state index in [2.05, 4.69) is 10.6 Å². The molecule has 1 heterocycles. The number of thioether (sulfide) groups is 1. The van der Waals surface area contributed by atoms with E-state index in [4.69, 9.17) is 0 Å². The summed E-state index contributed by atoms with van der Waals surface area (Å²) >= 11 is 1.16. The number of benzene rings is 2. The van der Waals surface area contributed by atoms with E-state index in [0.29, 0.717) is 11.4 Å². The zero-order valence-corrected chi connectivity index (χ0v) is 20.5. The van der Waals surface area contributed by atoms with Crippen LogP contribution in [-0.4, -0.2) is 32.7 Å². The third kappa shape index (κ3) is 5.96. The molecule has 0 fully saturated rings. The maximum atomic E-state index is 13.2. The van der Waals surface area contributed by atoms with Gasteiger partial charge in [0, 0.05) is 7.05 Å². The second kappa shape index (κ2) is 11.2. The Bertz CT molecular complexity index is 1200. The fourth-order valence-corrected chi connectivity index (χ4v) is 4.27. The van der Waals surface area contributed by atoms with E-state index in [1.54, 1.807) is 30.8 Å². The quantitative estimate of drug-likeness (QED) is 0.484. The highest BCUT2D eigenvalue weighted by atomic mass is 32.2. The van der Waals surface area contributed by atoms with Crippen LogP contribution < -0.4 is 16.2 Å². The van der Waals surface area contributed by atoms with Crippen molar-refractivity contribution in [3.8, 4) is 5.69 Å². The first kappa shape index (κ1) is 25.3. The second-order valence-corrected chi connectivity index (χ2v) is 9.30. The summed E-state index contributed by atoms with van der Waals surface area (Å²) < 4.78 is 16.4. The van der Waals surface area contributed by atoms with Gasteiger partial charge in [0.1, 0.15) is 11.5 Å². The first-order chi connectivity index (χ1) is 16.2. The van der Waals surface area contributed by atoms with Gasteiger partial charge in [0.05, 0.1) is 28.9 Å². The number of nitrogens with zero attached hydrogens (tertiary/aromatic N) is 2. The normalized spacial score (nSPS) is 11.9. The number of hydrogen-bond donors (Lipinski definition) is 2. The van der Waals surface area contributed by atoms with Gasteiger partial charge in [-0.1, -0.05) is 44.2 Å². The van der Waals surface area contributed by atoms with Gasteiger partial charge in [-0.15, -0.1) is 11.8 Å². The molecule has 1 atom stereocenters. The lowest BCUT2D eigenvalue weighted by Gasteiger charge is -2.23. The van der Waals surface area contributed by atoms with Crippen molar-refractivity contribution >= 4 is 29.3 Å². The van der Waals surface area contributed by atoms with E-state index in [-0.39, 0.29) is 52.3 Å². The molecule has 0 bridgehead atoms. The van der Waals surface area contributed by atoms with Crippen molar-refractivity contribution in [2.45, 2.75) is 26.8 Å². The summed E-state index contributed by atoms with van der Waals surface area (Å²) in [5.41, 5.74) is 2.05. The third-order valence-electron chi connectivity index (χ3n) is 5.50. The maximum Gasteiger partial charge on any atom is 0.295 e. The molecule has 34 heavy (non-hydrogen) atoms. The number of carbonyl (C=O) groups excluding carboxylic acids is 2. The van der Waals surface area contributed by atoms with Crippen LogP contribution in [0, 0.1) is 18.7 Å². The zero-order chi connectivity index (χ0) is 24.8. The topological polar surface area (TPSA) is 85.1 Å². The monoisotopic (exact) mass is 484 g/mol. The van der Waals surface area contributed by atoms with Crippen LogP contribution in [0.25, 0.3) is 5.69 Å². The lowest BCUT2D eigenvalue weighted by atomic mass is 9.96. The Labute approximate surface area is 202 Å². The summed E-state index contributed by atoms with van der Waals surface area (Å²) in [6.07, 6.45) is 0. The number of amides is 2. The molecule has 1 unspecified atom stereocenters. The molecule has 0 spiro atoms. The van der Waals surface area contributed by atoms with E-state index in [1.165, 1.54) is 16.8 Å². The number of anilines is 1. The van der Waals surface area contributed by atoms with Gasteiger partial charge in [-0.05, 0) is 42.7 Å². The molecule has 2 aromatic carbocycles. The van der Waals surface area contributed by atoms with Crippen molar-refractivity contribution in [2.24, 2.45) is 13.0 Å². The Morgan fingerprint density at radius 3 is 2.24 bits per heavy atom. The molecule has 1 aromatic heterocycles. The Hall–Kier alpha value is -3.33. The highest BCUT2D eigenvalue weighted by molar-refractivity contribution is 8.00. The van der Waals surface area contributed by atoms with Gasteiger partial charge in [0.15, 0.2) is 0 Å². The molecule has 0 aliphatic carbocycles. The highest BCUT2D eigenvalue weighted by Gasteiger charge is 2.20. The molecule has 3 aromatic rings. The average molecular weight is 485 g/mol. The van der Waals surface area contributed by atoms with Crippen molar-refractivity contribution in [1.29, 1.82) is 0 Å². The van der Waals surface area contributed by atoms with Crippen molar-refractivity contribution < 1.29 is 14.0 Å². The van der Waals surface area contributed by atoms with Crippen molar-refractivity contribution in [1.82, 2.24) is 14.7 Å². The van der Waals surface area contributed by atoms with Crippen LogP contribution in [0.3, 0.4) is 0 Å². The number of rotatable bonds is 9. The van der Waals surface area contributed by atoms with Gasteiger partial charge < -0.3 is 10.6 Å². The molecule has 0 aliphatic rings. The van der Waals surface area contributed by atoms with Crippen molar-refractivity contribution in [3.63, 3.8) is 0 Å². The van der Waals surface area contributed by atoms with Crippen LogP contribution in [0.2, 0.25) is 0 Å². The van der Waals surface area contributed by atoms with Gasteiger partial charge >= 0.3 is 0 Å². The van der Waals surface area contributed by atoms with Crippen LogP contribution in [0.15, 0.2) is 59.4 Å². The molecule has 0 radical (unpaired) electrons. The van der Waals surface area contributed by atoms with E-state index in [0.717, 1.165) is 17.3 Å². The number of carbonyl (C=O) groups is 2. The van der Waals surface area contributed by atoms with Gasteiger partial charge in [0.2, 0.25) is 11.8 Å².